The van der Waals surface area contributed by atoms with Crippen LogP contribution in [0.5, 0.6) is 0 Å². The molecule has 116 valence electrons. The molecule has 3 rings (SSSR count). The van der Waals surface area contributed by atoms with Gasteiger partial charge in [-0.05, 0) is 32.1 Å². The van der Waals surface area contributed by atoms with E-state index in [0.717, 1.165) is 33.8 Å². The Morgan fingerprint density at radius 3 is 2.86 bits per heavy atom. The smallest absolute Gasteiger partial charge is 0.195 e. The van der Waals surface area contributed by atoms with E-state index in [4.69, 9.17) is 17.0 Å². The van der Waals surface area contributed by atoms with Crippen LogP contribution in [0.15, 0.2) is 6.07 Å². The molecular formula is C14H18N6OS. The number of ether oxygens (including phenoxy) is 1. The summed E-state index contributed by atoms with van der Waals surface area (Å²) in [6, 6.07) is 2.02. The van der Waals surface area contributed by atoms with Gasteiger partial charge in [0.05, 0.1) is 24.2 Å². The predicted octanol–water partition coefficient (Wildman–Crippen LogP) is 2.15. The summed E-state index contributed by atoms with van der Waals surface area (Å²) >= 11 is 5.33. The van der Waals surface area contributed by atoms with Crippen LogP contribution in [-0.4, -0.2) is 43.2 Å². The number of methoxy groups -OCH3 is 1. The lowest BCUT2D eigenvalue weighted by Crippen LogP contribution is -2.06. The fourth-order valence-corrected chi connectivity index (χ4v) is 2.88. The van der Waals surface area contributed by atoms with Crippen LogP contribution in [0.25, 0.3) is 22.4 Å². The van der Waals surface area contributed by atoms with Gasteiger partial charge in [0.15, 0.2) is 16.2 Å². The Kier molecular flexibility index (Phi) is 3.79. The summed E-state index contributed by atoms with van der Waals surface area (Å²) in [4.78, 5) is 4.58. The first-order chi connectivity index (χ1) is 10.5. The molecule has 8 heteroatoms. The van der Waals surface area contributed by atoms with E-state index < -0.39 is 0 Å². The van der Waals surface area contributed by atoms with Crippen molar-refractivity contribution in [3.05, 3.63) is 22.2 Å². The third-order valence-corrected chi connectivity index (χ3v) is 3.93. The zero-order valence-corrected chi connectivity index (χ0v) is 13.9. The molecule has 7 nitrogen and oxygen atoms in total. The lowest BCUT2D eigenvalue weighted by atomic mass is 10.1. The van der Waals surface area contributed by atoms with Crippen LogP contribution in [0.4, 0.5) is 0 Å². The van der Waals surface area contributed by atoms with Crippen LogP contribution in [0.3, 0.4) is 0 Å². The van der Waals surface area contributed by atoms with E-state index in [-0.39, 0.29) is 0 Å². The number of rotatable bonds is 4. The number of pyridine rings is 1. The molecule has 0 bridgehead atoms. The van der Waals surface area contributed by atoms with Crippen molar-refractivity contribution in [2.45, 2.75) is 20.4 Å². The number of H-pyrrole nitrogens is 1. The molecule has 0 radical (unpaired) electrons. The van der Waals surface area contributed by atoms with Gasteiger partial charge in [-0.1, -0.05) is 0 Å². The van der Waals surface area contributed by atoms with Gasteiger partial charge in [0.2, 0.25) is 0 Å². The fraction of sp³-hybridized carbons (Fsp3) is 0.429. The second kappa shape index (κ2) is 5.62. The van der Waals surface area contributed by atoms with E-state index in [2.05, 4.69) is 20.3 Å². The summed E-state index contributed by atoms with van der Waals surface area (Å²) in [5.41, 5.74) is 3.67. The predicted molar refractivity (Wildman–Crippen MR) is 86.3 cm³/mol. The number of nitrogens with zero attached hydrogens (tertiary/aromatic N) is 5. The standard InChI is InChI=1S/C14H18N6OS/c1-8-7-10(11-9(2)18-19(3)13(11)15-8)12-16-17-14(22)20(12)5-6-21-4/h7H,5-6H2,1-4H3,(H,17,22). The average molecular weight is 318 g/mol. The number of aryl methyl sites for hydroxylation is 3. The largest absolute Gasteiger partial charge is 0.383 e. The molecule has 3 aromatic heterocycles. The van der Waals surface area contributed by atoms with E-state index in [9.17, 15) is 0 Å². The minimum atomic E-state index is 0.570. The van der Waals surface area contributed by atoms with E-state index in [1.807, 2.05) is 31.5 Å². The lowest BCUT2D eigenvalue weighted by molar-refractivity contribution is 0.187. The molecule has 22 heavy (non-hydrogen) atoms. The first-order valence-electron chi connectivity index (χ1n) is 6.98. The van der Waals surface area contributed by atoms with Crippen molar-refractivity contribution < 1.29 is 4.74 Å². The van der Waals surface area contributed by atoms with Crippen LogP contribution in [0.2, 0.25) is 0 Å². The highest BCUT2D eigenvalue weighted by Gasteiger charge is 2.18. The molecule has 3 aromatic rings. The maximum Gasteiger partial charge on any atom is 0.195 e. The highest BCUT2D eigenvalue weighted by Crippen LogP contribution is 2.29. The highest BCUT2D eigenvalue weighted by molar-refractivity contribution is 7.71. The summed E-state index contributed by atoms with van der Waals surface area (Å²) in [6.07, 6.45) is 0. The van der Waals surface area contributed by atoms with Crippen LogP contribution in [0, 0.1) is 18.6 Å². The fourth-order valence-electron chi connectivity index (χ4n) is 2.66. The SMILES string of the molecule is COCCn1c(-c2cc(C)nc3c2c(C)nn3C)n[nH]c1=S. The molecule has 0 saturated carbocycles. The molecule has 0 unspecified atom stereocenters. The van der Waals surface area contributed by atoms with Crippen LogP contribution >= 0.6 is 12.2 Å². The molecule has 0 aliphatic carbocycles. The Hall–Kier alpha value is -2.06. The molecular weight excluding hydrogens is 300 g/mol. The minimum absolute atomic E-state index is 0.570. The van der Waals surface area contributed by atoms with Crippen LogP contribution < -0.4 is 0 Å². The zero-order valence-electron chi connectivity index (χ0n) is 13.0. The van der Waals surface area contributed by atoms with Crippen molar-refractivity contribution in [2.24, 2.45) is 7.05 Å². The third kappa shape index (κ3) is 2.34. The van der Waals surface area contributed by atoms with Gasteiger partial charge in [0.1, 0.15) is 0 Å². The summed E-state index contributed by atoms with van der Waals surface area (Å²) in [6.45, 7) is 5.15. The number of fused-ring (bicyclic) bond motifs is 1. The molecule has 0 fully saturated rings. The summed E-state index contributed by atoms with van der Waals surface area (Å²) in [5, 5.41) is 12.7. The molecule has 0 aromatic carbocycles. The van der Waals surface area contributed by atoms with Gasteiger partial charge in [-0.2, -0.15) is 10.2 Å². The Morgan fingerprint density at radius 2 is 2.14 bits per heavy atom. The highest BCUT2D eigenvalue weighted by atomic mass is 32.1. The number of aromatic nitrogens is 6. The maximum absolute atomic E-state index is 5.33. The Bertz CT molecular complexity index is 891. The van der Waals surface area contributed by atoms with Gasteiger partial charge in [-0.25, -0.2) is 4.98 Å². The molecule has 0 spiro atoms. The average Bonchev–Trinajstić information content (AvgIpc) is 2.97. The Morgan fingerprint density at radius 1 is 1.36 bits per heavy atom. The molecule has 1 N–H and O–H groups in total. The molecule has 0 saturated heterocycles. The van der Waals surface area contributed by atoms with E-state index in [1.54, 1.807) is 11.8 Å². The van der Waals surface area contributed by atoms with Crippen molar-refractivity contribution in [3.63, 3.8) is 0 Å². The van der Waals surface area contributed by atoms with Crippen LogP contribution in [0.1, 0.15) is 11.4 Å². The van der Waals surface area contributed by atoms with Gasteiger partial charge < -0.3 is 4.74 Å². The number of nitrogens with one attached hydrogen (secondary N) is 1. The second-order valence-corrected chi connectivity index (χ2v) is 5.60. The van der Waals surface area contributed by atoms with Crippen molar-refractivity contribution in [1.29, 1.82) is 0 Å². The van der Waals surface area contributed by atoms with Crippen LogP contribution in [-0.2, 0) is 18.3 Å². The van der Waals surface area contributed by atoms with Crippen molar-refractivity contribution >= 4 is 23.3 Å². The lowest BCUT2D eigenvalue weighted by Gasteiger charge is -2.08. The van der Waals surface area contributed by atoms with Gasteiger partial charge in [0.25, 0.3) is 0 Å². The Labute approximate surface area is 132 Å². The van der Waals surface area contributed by atoms with Gasteiger partial charge in [-0.3, -0.25) is 14.3 Å². The molecule has 3 heterocycles. The summed E-state index contributed by atoms with van der Waals surface area (Å²) in [5.74, 6) is 0.786. The maximum atomic E-state index is 5.33. The normalized spacial score (nSPS) is 11.5. The van der Waals surface area contributed by atoms with E-state index in [1.165, 1.54) is 0 Å². The van der Waals surface area contributed by atoms with Crippen molar-refractivity contribution in [1.82, 2.24) is 29.5 Å². The van der Waals surface area contributed by atoms with Crippen molar-refractivity contribution in [2.75, 3.05) is 13.7 Å². The monoisotopic (exact) mass is 318 g/mol. The first kappa shape index (κ1) is 14.9. The molecule has 0 aliphatic heterocycles. The van der Waals surface area contributed by atoms with Gasteiger partial charge >= 0.3 is 0 Å². The number of hydrogen-bond acceptors (Lipinski definition) is 5. The van der Waals surface area contributed by atoms with Crippen molar-refractivity contribution in [3.8, 4) is 11.4 Å². The minimum Gasteiger partial charge on any atom is -0.383 e. The third-order valence-electron chi connectivity index (χ3n) is 3.61. The van der Waals surface area contributed by atoms with Gasteiger partial charge in [0, 0.05) is 25.4 Å². The second-order valence-electron chi connectivity index (χ2n) is 5.22. The first-order valence-corrected chi connectivity index (χ1v) is 7.39. The van der Waals surface area contributed by atoms with E-state index >= 15 is 0 Å². The van der Waals surface area contributed by atoms with Gasteiger partial charge in [-0.15, -0.1) is 0 Å². The number of hydrogen-bond donors (Lipinski definition) is 1. The quantitative estimate of drug-likeness (QED) is 0.746. The molecule has 0 aliphatic rings. The summed E-state index contributed by atoms with van der Waals surface area (Å²) < 4.78 is 9.48. The van der Waals surface area contributed by atoms with E-state index in [0.29, 0.717) is 17.9 Å². The Balaban J connectivity index is 2.29. The molecule has 0 amide bonds. The molecule has 0 atom stereocenters. The number of aromatic amines is 1. The zero-order chi connectivity index (χ0) is 15.9. The summed E-state index contributed by atoms with van der Waals surface area (Å²) in [7, 11) is 3.57. The topological polar surface area (TPSA) is 73.5 Å².